The van der Waals surface area contributed by atoms with Crippen molar-refractivity contribution in [2.45, 2.75) is 58.3 Å². The highest BCUT2D eigenvalue weighted by molar-refractivity contribution is 5.35. The molecule has 0 saturated heterocycles. The van der Waals surface area contributed by atoms with Crippen LogP contribution in [0.3, 0.4) is 0 Å². The second-order valence-electron chi connectivity index (χ2n) is 5.32. The second kappa shape index (κ2) is 3.96. The van der Waals surface area contributed by atoms with Crippen molar-refractivity contribution in [1.82, 2.24) is 4.98 Å². The highest BCUT2D eigenvalue weighted by Gasteiger charge is 2.27. The molecule has 1 fully saturated rings. The average Bonchev–Trinajstić information content (AvgIpc) is 2.99. The molecule has 1 nitrogen and oxygen atoms in total. The third-order valence-corrected chi connectivity index (χ3v) is 3.22. The molecule has 0 bridgehead atoms. The number of hydrogen-bond acceptors (Lipinski definition) is 1. The topological polar surface area (TPSA) is 12.9 Å². The van der Waals surface area contributed by atoms with E-state index in [0.29, 0.717) is 11.8 Å². The summed E-state index contributed by atoms with van der Waals surface area (Å²) in [4.78, 5) is 4.58. The fourth-order valence-corrected chi connectivity index (χ4v) is 2.05. The Bertz CT molecular complexity index is 348. The van der Waals surface area contributed by atoms with Crippen molar-refractivity contribution in [3.63, 3.8) is 0 Å². The van der Waals surface area contributed by atoms with Crippen LogP contribution in [0.2, 0.25) is 0 Å². The van der Waals surface area contributed by atoms with Crippen LogP contribution in [-0.4, -0.2) is 4.98 Å². The van der Waals surface area contributed by atoms with Gasteiger partial charge in [-0.2, -0.15) is 0 Å². The first-order valence-electron chi connectivity index (χ1n) is 6.09. The number of hydrogen-bond donors (Lipinski definition) is 0. The molecule has 0 atom stereocenters. The van der Waals surface area contributed by atoms with Gasteiger partial charge in [0.05, 0.1) is 0 Å². The molecule has 0 aromatic carbocycles. The summed E-state index contributed by atoms with van der Waals surface area (Å²) in [5.41, 5.74) is 4.27. The van der Waals surface area contributed by atoms with Crippen LogP contribution < -0.4 is 0 Å². The molecule has 1 saturated carbocycles. The van der Waals surface area contributed by atoms with Gasteiger partial charge in [0.25, 0.3) is 0 Å². The minimum atomic E-state index is 0.538. The molecule has 0 amide bonds. The van der Waals surface area contributed by atoms with Gasteiger partial charge < -0.3 is 0 Å². The van der Waals surface area contributed by atoms with Crippen molar-refractivity contribution >= 4 is 0 Å². The van der Waals surface area contributed by atoms with E-state index < -0.39 is 0 Å². The lowest BCUT2D eigenvalue weighted by Gasteiger charge is -2.15. The van der Waals surface area contributed by atoms with Crippen LogP contribution >= 0.6 is 0 Å². The lowest BCUT2D eigenvalue weighted by Crippen LogP contribution is -2.01. The summed E-state index contributed by atoms with van der Waals surface area (Å²) in [7, 11) is 0. The zero-order chi connectivity index (χ0) is 11.0. The van der Waals surface area contributed by atoms with Gasteiger partial charge in [-0.05, 0) is 47.8 Å². The molecule has 0 unspecified atom stereocenters. The quantitative estimate of drug-likeness (QED) is 0.717. The normalized spacial score (nSPS) is 16.4. The van der Waals surface area contributed by atoms with Crippen molar-refractivity contribution < 1.29 is 0 Å². The molecule has 1 aromatic rings. The standard InChI is InChI=1S/C14H21N/c1-9(2)12-7-14(10(3)4)15-8-13(12)11-5-6-11/h7-11H,5-6H2,1-4H3. The number of pyridine rings is 1. The zero-order valence-corrected chi connectivity index (χ0v) is 10.2. The maximum absolute atomic E-state index is 4.58. The monoisotopic (exact) mass is 203 g/mol. The number of nitrogens with zero attached hydrogens (tertiary/aromatic N) is 1. The van der Waals surface area contributed by atoms with Gasteiger partial charge in [-0.1, -0.05) is 27.7 Å². The van der Waals surface area contributed by atoms with E-state index in [1.165, 1.54) is 29.7 Å². The van der Waals surface area contributed by atoms with E-state index in [4.69, 9.17) is 0 Å². The molecule has 1 aromatic heterocycles. The van der Waals surface area contributed by atoms with Gasteiger partial charge in [0, 0.05) is 11.9 Å². The fraction of sp³-hybridized carbons (Fsp3) is 0.643. The molecule has 0 radical (unpaired) electrons. The highest BCUT2D eigenvalue weighted by atomic mass is 14.7. The summed E-state index contributed by atoms with van der Waals surface area (Å²) in [6, 6.07) is 2.32. The highest BCUT2D eigenvalue weighted by Crippen LogP contribution is 2.43. The summed E-state index contributed by atoms with van der Waals surface area (Å²) in [5.74, 6) is 1.98. The van der Waals surface area contributed by atoms with Gasteiger partial charge in [0.1, 0.15) is 0 Å². The second-order valence-corrected chi connectivity index (χ2v) is 5.32. The third-order valence-electron chi connectivity index (χ3n) is 3.22. The Morgan fingerprint density at radius 2 is 1.80 bits per heavy atom. The molecule has 82 valence electrons. The Kier molecular flexibility index (Phi) is 2.81. The summed E-state index contributed by atoms with van der Waals surface area (Å²) < 4.78 is 0. The maximum atomic E-state index is 4.58. The Morgan fingerprint density at radius 1 is 1.13 bits per heavy atom. The van der Waals surface area contributed by atoms with E-state index in [2.05, 4.69) is 44.9 Å². The third kappa shape index (κ3) is 2.22. The first-order valence-corrected chi connectivity index (χ1v) is 6.09. The van der Waals surface area contributed by atoms with Crippen molar-refractivity contribution in [2.24, 2.45) is 0 Å². The Morgan fingerprint density at radius 3 is 2.27 bits per heavy atom. The van der Waals surface area contributed by atoms with Crippen molar-refractivity contribution in [2.75, 3.05) is 0 Å². The molecule has 1 aliphatic rings. The Hall–Kier alpha value is -0.850. The lowest BCUT2D eigenvalue weighted by molar-refractivity contribution is 0.784. The summed E-state index contributed by atoms with van der Waals surface area (Å²) in [5, 5.41) is 0. The SMILES string of the molecule is CC(C)c1cc(C(C)C)c(C2CC2)cn1. The van der Waals surface area contributed by atoms with E-state index in [9.17, 15) is 0 Å². The maximum Gasteiger partial charge on any atom is 0.0432 e. The molecular weight excluding hydrogens is 182 g/mol. The number of rotatable bonds is 3. The average molecular weight is 203 g/mol. The van der Waals surface area contributed by atoms with E-state index in [1.54, 1.807) is 0 Å². The number of aromatic nitrogens is 1. The molecule has 2 rings (SSSR count). The van der Waals surface area contributed by atoms with Gasteiger partial charge in [0.15, 0.2) is 0 Å². The molecular formula is C14H21N. The minimum Gasteiger partial charge on any atom is -0.261 e. The first-order chi connectivity index (χ1) is 7.09. The van der Waals surface area contributed by atoms with Gasteiger partial charge in [-0.3, -0.25) is 4.98 Å². The van der Waals surface area contributed by atoms with E-state index >= 15 is 0 Å². The Labute approximate surface area is 92.9 Å². The molecule has 0 aliphatic heterocycles. The van der Waals surface area contributed by atoms with Crippen LogP contribution in [0.15, 0.2) is 12.3 Å². The molecule has 1 heterocycles. The molecule has 15 heavy (non-hydrogen) atoms. The molecule has 1 aliphatic carbocycles. The molecule has 0 spiro atoms. The van der Waals surface area contributed by atoms with Crippen LogP contribution in [0.5, 0.6) is 0 Å². The predicted molar refractivity (Wildman–Crippen MR) is 64.4 cm³/mol. The van der Waals surface area contributed by atoms with Crippen LogP contribution in [0.1, 0.15) is 75.1 Å². The van der Waals surface area contributed by atoms with Crippen molar-refractivity contribution in [3.05, 3.63) is 29.1 Å². The van der Waals surface area contributed by atoms with Crippen molar-refractivity contribution in [1.29, 1.82) is 0 Å². The Balaban J connectivity index is 2.39. The van der Waals surface area contributed by atoms with E-state index in [1.807, 2.05) is 0 Å². The summed E-state index contributed by atoms with van der Waals surface area (Å²) in [6.45, 7) is 8.99. The first kappa shape index (κ1) is 10.7. The van der Waals surface area contributed by atoms with Gasteiger partial charge >= 0.3 is 0 Å². The lowest BCUT2D eigenvalue weighted by atomic mass is 9.94. The van der Waals surface area contributed by atoms with Gasteiger partial charge in [-0.25, -0.2) is 0 Å². The van der Waals surface area contributed by atoms with Crippen LogP contribution in [0.4, 0.5) is 0 Å². The summed E-state index contributed by atoms with van der Waals surface area (Å²) in [6.07, 6.45) is 4.85. The van der Waals surface area contributed by atoms with Gasteiger partial charge in [0.2, 0.25) is 0 Å². The van der Waals surface area contributed by atoms with Crippen LogP contribution in [0, 0.1) is 0 Å². The largest absolute Gasteiger partial charge is 0.261 e. The fourth-order valence-electron chi connectivity index (χ4n) is 2.05. The zero-order valence-electron chi connectivity index (χ0n) is 10.2. The van der Waals surface area contributed by atoms with Gasteiger partial charge in [-0.15, -0.1) is 0 Å². The molecule has 0 N–H and O–H groups in total. The minimum absolute atomic E-state index is 0.538. The predicted octanol–water partition coefficient (Wildman–Crippen LogP) is 4.21. The molecule has 1 heteroatoms. The summed E-state index contributed by atoms with van der Waals surface area (Å²) >= 11 is 0. The van der Waals surface area contributed by atoms with Crippen LogP contribution in [0.25, 0.3) is 0 Å². The smallest absolute Gasteiger partial charge is 0.0432 e. The van der Waals surface area contributed by atoms with Crippen molar-refractivity contribution in [3.8, 4) is 0 Å². The van der Waals surface area contributed by atoms with E-state index in [-0.39, 0.29) is 0 Å². The van der Waals surface area contributed by atoms with E-state index in [0.717, 1.165) is 5.92 Å². The van der Waals surface area contributed by atoms with Crippen LogP contribution in [-0.2, 0) is 0 Å².